The smallest absolute Gasteiger partial charge is 0.356 e. The number of carbonyl (C=O) groups is 4. The number of likely N-dealkylation sites (tertiary alicyclic amines) is 1. The van der Waals surface area contributed by atoms with Gasteiger partial charge in [-0.25, -0.2) is 9.59 Å². The van der Waals surface area contributed by atoms with Gasteiger partial charge in [-0.2, -0.15) is 0 Å². The summed E-state index contributed by atoms with van der Waals surface area (Å²) in [5.41, 5.74) is 0.0880. The number of carboxylic acid groups (broad SMARTS) is 1. The number of β-lactam (4-membered cyclic amide) rings is 1. The number of esters is 1. The van der Waals surface area contributed by atoms with Crippen molar-refractivity contribution in [3.63, 3.8) is 0 Å². The van der Waals surface area contributed by atoms with Crippen molar-refractivity contribution in [2.45, 2.75) is 25.5 Å². The van der Waals surface area contributed by atoms with Crippen LogP contribution in [0.25, 0.3) is 0 Å². The quantitative estimate of drug-likeness (QED) is 0.0787. The highest BCUT2D eigenvalue weighted by Gasteiger charge is 2.55. The largest absolute Gasteiger partial charge is 0.477 e. The Balaban J connectivity index is 1.83. The van der Waals surface area contributed by atoms with Crippen LogP contribution in [-0.4, -0.2) is 62.9 Å². The Labute approximate surface area is 265 Å². The number of carboxylic acids is 1. The highest BCUT2D eigenvalue weighted by molar-refractivity contribution is 7.96. The van der Waals surface area contributed by atoms with Gasteiger partial charge in [0.15, 0.2) is 5.78 Å². The fourth-order valence-corrected chi connectivity index (χ4v) is 11.0. The molecule has 3 aromatic carbocycles. The Bertz CT molecular complexity index is 1680. The normalized spacial score (nSPS) is 16.8. The highest BCUT2D eigenvalue weighted by Crippen LogP contribution is 2.50. The van der Waals surface area contributed by atoms with Crippen LogP contribution in [0.1, 0.15) is 32.7 Å². The topological polar surface area (TPSA) is 121 Å². The molecule has 0 aliphatic carbocycles. The van der Waals surface area contributed by atoms with Crippen LogP contribution in [0, 0.1) is 5.92 Å². The van der Waals surface area contributed by atoms with Crippen molar-refractivity contribution in [3.8, 4) is 0 Å². The van der Waals surface area contributed by atoms with Crippen LogP contribution in [0.4, 0.5) is 0 Å². The first-order valence-electron chi connectivity index (χ1n) is 14.3. The molecule has 1 aliphatic heterocycles. The summed E-state index contributed by atoms with van der Waals surface area (Å²) in [6.07, 6.45) is 0.0857. The van der Waals surface area contributed by atoms with Crippen LogP contribution in [-0.2, 0) is 14.3 Å². The highest BCUT2D eigenvalue weighted by atomic mass is 32.1. The summed E-state index contributed by atoms with van der Waals surface area (Å²) < 4.78 is 5.72. The molecule has 1 saturated heterocycles. The molecule has 10 heteroatoms. The Morgan fingerprint density at radius 1 is 0.889 bits per heavy atom. The van der Waals surface area contributed by atoms with E-state index < -0.39 is 48.6 Å². The number of carbonyl (C=O) groups excluding carboxylic acids is 3. The molecule has 3 atom stereocenters. The molecule has 0 saturated carbocycles. The molecule has 1 amide bonds. The van der Waals surface area contributed by atoms with Gasteiger partial charge >= 0.3 is 11.9 Å². The zero-order chi connectivity index (χ0) is 32.1. The van der Waals surface area contributed by atoms with Crippen molar-refractivity contribution in [3.05, 3.63) is 126 Å². The van der Waals surface area contributed by atoms with Crippen LogP contribution in [0.15, 0.2) is 116 Å². The van der Waals surface area contributed by atoms with Gasteiger partial charge in [0.1, 0.15) is 16.9 Å². The molecule has 1 aliphatic rings. The molecule has 8 nitrogen and oxygen atoms in total. The number of hydrogen-bond donors (Lipinski definition) is 2. The third kappa shape index (κ3) is 5.94. The third-order valence-corrected chi connectivity index (χ3v) is 13.1. The molecule has 1 fully saturated rings. The molecule has 0 bridgehead atoms. The van der Waals surface area contributed by atoms with Crippen molar-refractivity contribution in [2.24, 2.45) is 5.92 Å². The summed E-state index contributed by atoms with van der Waals surface area (Å²) in [7, 11) is 0. The second-order valence-electron chi connectivity index (χ2n) is 10.5. The lowest BCUT2D eigenvalue weighted by atomic mass is 9.80. The van der Waals surface area contributed by atoms with Gasteiger partial charge in [-0.15, -0.1) is 11.3 Å². The maximum atomic E-state index is 14.4. The van der Waals surface area contributed by atoms with Crippen molar-refractivity contribution in [1.82, 2.24) is 4.90 Å². The van der Waals surface area contributed by atoms with Crippen molar-refractivity contribution in [2.75, 3.05) is 6.61 Å². The van der Waals surface area contributed by atoms with E-state index in [-0.39, 0.29) is 28.2 Å². The monoisotopic (exact) mass is 641 g/mol. The summed E-state index contributed by atoms with van der Waals surface area (Å²) in [6, 6.07) is 30.3. The van der Waals surface area contributed by atoms with E-state index in [1.165, 1.54) is 30.0 Å². The number of thiophene rings is 1. The van der Waals surface area contributed by atoms with Gasteiger partial charge in [-0.1, -0.05) is 104 Å². The molecule has 45 heavy (non-hydrogen) atoms. The molecule has 0 radical (unpaired) electrons. The van der Waals surface area contributed by atoms with Gasteiger partial charge in [0.05, 0.1) is 22.9 Å². The summed E-state index contributed by atoms with van der Waals surface area (Å²) >= 11 is 0.842. The van der Waals surface area contributed by atoms with Crippen molar-refractivity contribution >= 4 is 63.2 Å². The fourth-order valence-electron chi connectivity index (χ4n) is 5.83. The maximum absolute atomic E-state index is 14.4. The summed E-state index contributed by atoms with van der Waals surface area (Å²) in [4.78, 5) is 55.2. The zero-order valence-electron chi connectivity index (χ0n) is 24.5. The van der Waals surface area contributed by atoms with Gasteiger partial charge < -0.3 is 19.8 Å². The van der Waals surface area contributed by atoms with Gasteiger partial charge in [0.25, 0.3) is 0 Å². The van der Waals surface area contributed by atoms with E-state index in [0.29, 0.717) is 0 Å². The van der Waals surface area contributed by atoms with Gasteiger partial charge in [-0.3, -0.25) is 9.59 Å². The van der Waals surface area contributed by atoms with Crippen molar-refractivity contribution in [1.29, 1.82) is 0 Å². The zero-order valence-corrected chi connectivity index (χ0v) is 26.2. The average Bonchev–Trinajstić information content (AvgIpc) is 3.56. The van der Waals surface area contributed by atoms with E-state index >= 15 is 0 Å². The average molecular weight is 642 g/mol. The Kier molecular flexibility index (Phi) is 9.63. The summed E-state index contributed by atoms with van der Waals surface area (Å²) in [5, 5.41) is 22.5. The van der Waals surface area contributed by atoms with Crippen molar-refractivity contribution < 1.29 is 34.1 Å². The summed E-state index contributed by atoms with van der Waals surface area (Å²) in [6.45, 7) is 1.86. The lowest BCUT2D eigenvalue weighted by Crippen LogP contribution is -2.68. The van der Waals surface area contributed by atoms with Gasteiger partial charge in [0, 0.05) is 13.3 Å². The predicted molar refractivity (Wildman–Crippen MR) is 177 cm³/mol. The van der Waals surface area contributed by atoms with Crippen LogP contribution in [0.3, 0.4) is 0 Å². The molecule has 2 heterocycles. The number of benzene rings is 3. The first-order chi connectivity index (χ1) is 21.7. The third-order valence-electron chi connectivity index (χ3n) is 7.77. The number of rotatable bonds is 12. The molecule has 1 aromatic heterocycles. The van der Waals surface area contributed by atoms with Gasteiger partial charge in [0.2, 0.25) is 5.91 Å². The number of hydrogen-bond acceptors (Lipinski definition) is 7. The standard InChI is InChI=1S/C35H32NO7PS/c1-3-21-43-35(42)33(36-27(31(23(2)37)32(36)39)22-28(38)29-19-20-30(45-29)34(40)41)44(24-13-7-4-8-14-24,25-15-9-5-10-16-25)26-17-11-6-12-18-26/h3-20,23,27,31,37H,1,21-22H2,2H3,(H,40,41). The molecular formula is C35H32NO7PS. The van der Waals surface area contributed by atoms with E-state index in [9.17, 15) is 29.4 Å². The lowest BCUT2D eigenvalue weighted by Gasteiger charge is -2.50. The Morgan fingerprint density at radius 3 is 1.80 bits per heavy atom. The van der Waals surface area contributed by atoms with E-state index in [1.54, 1.807) is 0 Å². The molecule has 4 aromatic rings. The summed E-state index contributed by atoms with van der Waals surface area (Å²) in [5.74, 6) is -3.76. The fraction of sp³-hybridized carbons (Fsp3) is 0.171. The minimum absolute atomic E-state index is 0.00870. The molecule has 3 unspecified atom stereocenters. The molecule has 0 spiro atoms. The lowest BCUT2D eigenvalue weighted by molar-refractivity contribution is -0.157. The number of Topliss-reactive ketones (excluding diaryl/α,β-unsaturated/α-hetero) is 1. The Morgan fingerprint density at radius 2 is 1.38 bits per heavy atom. The molecule has 2 N–H and O–H groups in total. The first kappa shape index (κ1) is 31.9. The van der Waals surface area contributed by atoms with Gasteiger partial charge in [-0.05, 0) is 35.0 Å². The number of amides is 1. The minimum Gasteiger partial charge on any atom is -0.477 e. The van der Waals surface area contributed by atoms with Crippen LogP contribution >= 0.6 is 18.2 Å². The molecule has 230 valence electrons. The SMILES string of the molecule is C=CCOC(=O)C(N1C(=O)C(C(C)O)C1CC(=O)c1ccc(C(=O)O)s1)=P(c1ccccc1)(c1ccccc1)c1ccccc1. The number of aromatic carboxylic acids is 1. The maximum Gasteiger partial charge on any atom is 0.356 e. The molecular weight excluding hydrogens is 609 g/mol. The minimum atomic E-state index is -3.19. The van der Waals surface area contributed by atoms with E-state index in [1.807, 2.05) is 91.0 Å². The van der Waals surface area contributed by atoms with E-state index in [4.69, 9.17) is 4.74 Å². The number of ketones is 1. The number of nitrogens with zero attached hydrogens (tertiary/aromatic N) is 1. The molecule has 5 rings (SSSR count). The number of aliphatic hydroxyl groups is 1. The Hall–Kier alpha value is -4.56. The van der Waals surface area contributed by atoms with E-state index in [0.717, 1.165) is 27.3 Å². The second-order valence-corrected chi connectivity index (χ2v) is 14.9. The first-order valence-corrected chi connectivity index (χ1v) is 16.9. The van der Waals surface area contributed by atoms with Crippen LogP contribution in [0.2, 0.25) is 0 Å². The number of aliphatic hydroxyl groups excluding tert-OH is 1. The van der Waals surface area contributed by atoms with Crippen LogP contribution < -0.4 is 15.9 Å². The predicted octanol–water partition coefficient (Wildman–Crippen LogP) is 4.08. The van der Waals surface area contributed by atoms with E-state index in [2.05, 4.69) is 6.58 Å². The van der Waals surface area contributed by atoms with Crippen LogP contribution in [0.5, 0.6) is 0 Å². The second kappa shape index (κ2) is 13.6. The number of ether oxygens (including phenoxy) is 1.